The Kier molecular flexibility index (Phi) is 4.14. The Morgan fingerprint density at radius 2 is 2.07 bits per heavy atom. The number of hydrogen-bond donors (Lipinski definition) is 0. The molecule has 1 aliphatic rings. The molecule has 0 N–H and O–H groups in total. The van der Waals surface area contributed by atoms with Crippen LogP contribution in [0, 0.1) is 6.92 Å². The van der Waals surface area contributed by atoms with Crippen LogP contribution in [0.15, 0.2) is 36.8 Å². The summed E-state index contributed by atoms with van der Waals surface area (Å²) in [6.45, 7) is 6.69. The predicted molar refractivity (Wildman–Crippen MR) is 102 cm³/mol. The maximum Gasteiger partial charge on any atom is 0.262 e. The van der Waals surface area contributed by atoms with Gasteiger partial charge in [-0.3, -0.25) is 19.4 Å². The molecule has 7 heteroatoms. The Morgan fingerprint density at radius 1 is 1.26 bits per heavy atom. The summed E-state index contributed by atoms with van der Waals surface area (Å²) < 4.78 is 7.07. The molecule has 3 aromatic heterocycles. The van der Waals surface area contributed by atoms with E-state index in [0.29, 0.717) is 17.1 Å². The number of aryl methyl sites for hydroxylation is 2. The lowest BCUT2D eigenvalue weighted by Gasteiger charge is -2.18. The quantitative estimate of drug-likeness (QED) is 0.710. The van der Waals surface area contributed by atoms with Gasteiger partial charge in [0, 0.05) is 30.6 Å². The van der Waals surface area contributed by atoms with Gasteiger partial charge in [0.2, 0.25) is 0 Å². The number of ether oxygens (including phenoxy) is 1. The first-order chi connectivity index (χ1) is 13.0. The van der Waals surface area contributed by atoms with Gasteiger partial charge in [-0.2, -0.15) is 5.10 Å². The molecule has 1 amide bonds. The molecule has 4 rings (SSSR count). The molecule has 27 heavy (non-hydrogen) atoms. The van der Waals surface area contributed by atoms with Crippen molar-refractivity contribution in [3.63, 3.8) is 0 Å². The maximum atomic E-state index is 13.1. The molecule has 4 heterocycles. The molecule has 0 bridgehead atoms. The molecule has 0 saturated carbocycles. The van der Waals surface area contributed by atoms with E-state index in [1.54, 1.807) is 24.4 Å². The molecule has 0 radical (unpaired) electrons. The summed E-state index contributed by atoms with van der Waals surface area (Å²) in [6, 6.07) is 5.49. The first-order valence-corrected chi connectivity index (χ1v) is 8.91. The van der Waals surface area contributed by atoms with Crippen LogP contribution >= 0.6 is 0 Å². The smallest absolute Gasteiger partial charge is 0.262 e. The summed E-state index contributed by atoms with van der Waals surface area (Å²) in [6.07, 6.45) is 5.28. The Bertz CT molecular complexity index is 1030. The minimum absolute atomic E-state index is 0.0563. The van der Waals surface area contributed by atoms with Crippen molar-refractivity contribution >= 4 is 11.7 Å². The second kappa shape index (κ2) is 6.50. The zero-order valence-corrected chi connectivity index (χ0v) is 15.8. The fourth-order valence-corrected chi connectivity index (χ4v) is 3.47. The summed E-state index contributed by atoms with van der Waals surface area (Å²) in [5.74, 6) is 1.26. The van der Waals surface area contributed by atoms with E-state index in [-0.39, 0.29) is 11.9 Å². The minimum Gasteiger partial charge on any atom is -0.495 e. The molecule has 1 atom stereocenters. The molecule has 0 aliphatic carbocycles. The standard InChI is InChI=1S/C20H21N5O2/c1-5-24-7-6-17(23-24)25-13(3)19-18(20(25)26)12(2)8-16(22-19)14-9-15(27-4)11-21-10-14/h6-11,13H,5H2,1-4H3/t13-/m0/s1. The number of amides is 1. The van der Waals surface area contributed by atoms with Crippen LogP contribution in [-0.2, 0) is 6.54 Å². The molecule has 138 valence electrons. The van der Waals surface area contributed by atoms with Crippen LogP contribution in [0.5, 0.6) is 5.75 Å². The molecular weight excluding hydrogens is 342 g/mol. The first-order valence-electron chi connectivity index (χ1n) is 8.91. The Labute approximate surface area is 157 Å². The number of fused-ring (bicyclic) bond motifs is 1. The minimum atomic E-state index is -0.190. The third-order valence-electron chi connectivity index (χ3n) is 4.90. The number of pyridine rings is 2. The van der Waals surface area contributed by atoms with E-state index in [2.05, 4.69) is 10.1 Å². The number of rotatable bonds is 4. The average molecular weight is 363 g/mol. The fourth-order valence-electron chi connectivity index (χ4n) is 3.47. The molecular formula is C20H21N5O2. The lowest BCUT2D eigenvalue weighted by Crippen LogP contribution is -2.27. The van der Waals surface area contributed by atoms with E-state index in [1.165, 1.54) is 0 Å². The third kappa shape index (κ3) is 2.75. The molecule has 0 aromatic carbocycles. The van der Waals surface area contributed by atoms with E-state index in [1.807, 2.05) is 49.8 Å². The largest absolute Gasteiger partial charge is 0.495 e. The average Bonchev–Trinajstić information content (AvgIpc) is 3.24. The molecule has 7 nitrogen and oxygen atoms in total. The van der Waals surface area contributed by atoms with Crippen LogP contribution in [0.2, 0.25) is 0 Å². The third-order valence-corrected chi connectivity index (χ3v) is 4.90. The number of aromatic nitrogens is 4. The molecule has 3 aromatic rings. The van der Waals surface area contributed by atoms with Crippen molar-refractivity contribution in [2.75, 3.05) is 12.0 Å². The van der Waals surface area contributed by atoms with Gasteiger partial charge in [0.05, 0.1) is 36.3 Å². The van der Waals surface area contributed by atoms with Gasteiger partial charge >= 0.3 is 0 Å². The number of carbonyl (C=O) groups excluding carboxylic acids is 1. The zero-order valence-electron chi connectivity index (χ0n) is 15.8. The summed E-state index contributed by atoms with van der Waals surface area (Å²) >= 11 is 0. The van der Waals surface area contributed by atoms with Crippen molar-refractivity contribution < 1.29 is 9.53 Å². The fraction of sp³-hybridized carbons (Fsp3) is 0.300. The van der Waals surface area contributed by atoms with Gasteiger partial charge in [-0.15, -0.1) is 0 Å². The second-order valence-corrected chi connectivity index (χ2v) is 6.58. The second-order valence-electron chi connectivity index (χ2n) is 6.58. The van der Waals surface area contributed by atoms with Gasteiger partial charge in [0.1, 0.15) is 5.75 Å². The van der Waals surface area contributed by atoms with Crippen LogP contribution in [0.4, 0.5) is 5.82 Å². The zero-order chi connectivity index (χ0) is 19.1. The van der Waals surface area contributed by atoms with E-state index < -0.39 is 0 Å². The number of methoxy groups -OCH3 is 1. The normalized spacial score (nSPS) is 15.9. The highest BCUT2D eigenvalue weighted by atomic mass is 16.5. The van der Waals surface area contributed by atoms with Crippen molar-refractivity contribution in [2.24, 2.45) is 0 Å². The Balaban J connectivity index is 1.78. The number of nitrogens with zero attached hydrogens (tertiary/aromatic N) is 5. The van der Waals surface area contributed by atoms with E-state index in [9.17, 15) is 4.79 Å². The number of carbonyl (C=O) groups is 1. The molecule has 0 fully saturated rings. The van der Waals surface area contributed by atoms with Crippen LogP contribution in [-0.4, -0.2) is 32.8 Å². The highest BCUT2D eigenvalue weighted by Crippen LogP contribution is 2.38. The maximum absolute atomic E-state index is 13.1. The molecule has 1 aliphatic heterocycles. The Hall–Kier alpha value is -3.22. The van der Waals surface area contributed by atoms with Gasteiger partial charge in [0.15, 0.2) is 5.82 Å². The van der Waals surface area contributed by atoms with Gasteiger partial charge in [-0.1, -0.05) is 0 Å². The van der Waals surface area contributed by atoms with Gasteiger partial charge in [-0.05, 0) is 38.5 Å². The van der Waals surface area contributed by atoms with Gasteiger partial charge in [-0.25, -0.2) is 4.98 Å². The van der Waals surface area contributed by atoms with Crippen LogP contribution in [0.25, 0.3) is 11.3 Å². The van der Waals surface area contributed by atoms with Crippen LogP contribution in [0.1, 0.15) is 41.5 Å². The van der Waals surface area contributed by atoms with E-state index in [4.69, 9.17) is 9.72 Å². The van der Waals surface area contributed by atoms with Crippen molar-refractivity contribution in [3.8, 4) is 17.0 Å². The van der Waals surface area contributed by atoms with Gasteiger partial charge < -0.3 is 4.74 Å². The summed E-state index contributed by atoms with van der Waals surface area (Å²) in [5, 5.41) is 4.49. The number of hydrogen-bond acceptors (Lipinski definition) is 5. The molecule has 0 spiro atoms. The summed E-state index contributed by atoms with van der Waals surface area (Å²) in [7, 11) is 1.61. The van der Waals surface area contributed by atoms with Crippen LogP contribution < -0.4 is 9.64 Å². The monoisotopic (exact) mass is 363 g/mol. The van der Waals surface area contributed by atoms with Crippen LogP contribution in [0.3, 0.4) is 0 Å². The highest BCUT2D eigenvalue weighted by Gasteiger charge is 2.39. The van der Waals surface area contributed by atoms with Crippen molar-refractivity contribution in [1.29, 1.82) is 0 Å². The van der Waals surface area contributed by atoms with E-state index >= 15 is 0 Å². The highest BCUT2D eigenvalue weighted by molar-refractivity contribution is 6.11. The Morgan fingerprint density at radius 3 is 2.78 bits per heavy atom. The SMILES string of the molecule is CCn1ccc(N2C(=O)c3c(C)cc(-c4cncc(OC)c4)nc3[C@@H]2C)n1. The number of anilines is 1. The predicted octanol–water partition coefficient (Wildman–Crippen LogP) is 3.40. The lowest BCUT2D eigenvalue weighted by molar-refractivity contribution is 0.0991. The molecule has 0 unspecified atom stereocenters. The molecule has 0 saturated heterocycles. The van der Waals surface area contributed by atoms with Crippen molar-refractivity contribution in [2.45, 2.75) is 33.4 Å². The lowest BCUT2D eigenvalue weighted by atomic mass is 10.0. The first kappa shape index (κ1) is 17.2. The topological polar surface area (TPSA) is 73.1 Å². The van der Waals surface area contributed by atoms with E-state index in [0.717, 1.165) is 29.1 Å². The van der Waals surface area contributed by atoms with Crippen molar-refractivity contribution in [1.82, 2.24) is 19.7 Å². The van der Waals surface area contributed by atoms with Gasteiger partial charge in [0.25, 0.3) is 5.91 Å². The summed E-state index contributed by atoms with van der Waals surface area (Å²) in [4.78, 5) is 23.8. The van der Waals surface area contributed by atoms with Crippen molar-refractivity contribution in [3.05, 3.63) is 53.6 Å². The summed E-state index contributed by atoms with van der Waals surface area (Å²) in [5.41, 5.74) is 3.95.